The summed E-state index contributed by atoms with van der Waals surface area (Å²) in [5.74, 6) is 0.777. The van der Waals surface area contributed by atoms with Gasteiger partial charge >= 0.3 is 5.97 Å². The third-order valence-electron chi connectivity index (χ3n) is 4.93. The summed E-state index contributed by atoms with van der Waals surface area (Å²) < 4.78 is 16.5. The molecule has 1 saturated heterocycles. The maximum absolute atomic E-state index is 12.5. The van der Waals surface area contributed by atoms with Crippen LogP contribution >= 0.6 is 11.6 Å². The zero-order valence-electron chi connectivity index (χ0n) is 18.4. The van der Waals surface area contributed by atoms with Gasteiger partial charge in [-0.05, 0) is 37.6 Å². The van der Waals surface area contributed by atoms with E-state index in [0.717, 1.165) is 12.2 Å². The van der Waals surface area contributed by atoms with Crippen molar-refractivity contribution in [2.45, 2.75) is 20.3 Å². The van der Waals surface area contributed by atoms with Crippen molar-refractivity contribution >= 4 is 29.3 Å². The molecule has 172 valence electrons. The van der Waals surface area contributed by atoms with Gasteiger partial charge in [0.1, 0.15) is 5.82 Å². The number of anilines is 1. The number of pyridine rings is 1. The molecular weight excluding hydrogens is 434 g/mol. The van der Waals surface area contributed by atoms with E-state index in [0.29, 0.717) is 50.9 Å². The second-order valence-electron chi connectivity index (χ2n) is 7.20. The van der Waals surface area contributed by atoms with Crippen LogP contribution in [0, 0.1) is 0 Å². The molecule has 0 saturated carbocycles. The fourth-order valence-electron chi connectivity index (χ4n) is 3.32. The standard InChI is InChI=1S/C23H28ClN3O5/c1-3-13-31-22-18(24)14-17(15-19(22)30-4-2)23(29)32-16-21(28)27-11-9-26(10-12-27)20-7-5-6-8-25-20/h5-8,14-15H,3-4,9-13,16H2,1-2H3. The first kappa shape index (κ1) is 23.7. The van der Waals surface area contributed by atoms with Crippen molar-refractivity contribution in [2.75, 3.05) is 50.9 Å². The molecule has 32 heavy (non-hydrogen) atoms. The summed E-state index contributed by atoms with van der Waals surface area (Å²) in [7, 11) is 0. The number of halogens is 1. The van der Waals surface area contributed by atoms with E-state index in [1.807, 2.05) is 32.0 Å². The monoisotopic (exact) mass is 461 g/mol. The number of aromatic nitrogens is 1. The Labute approximate surface area is 193 Å². The number of esters is 1. The van der Waals surface area contributed by atoms with Crippen LogP contribution in [0.3, 0.4) is 0 Å². The molecule has 0 aliphatic carbocycles. The van der Waals surface area contributed by atoms with Gasteiger partial charge in [0.15, 0.2) is 18.1 Å². The Morgan fingerprint density at radius 1 is 1.09 bits per heavy atom. The average molecular weight is 462 g/mol. The SMILES string of the molecule is CCCOc1c(Cl)cc(C(=O)OCC(=O)N2CCN(c3ccccn3)CC2)cc1OCC. The molecule has 8 nitrogen and oxygen atoms in total. The summed E-state index contributed by atoms with van der Waals surface area (Å²) in [6.45, 7) is 6.76. The van der Waals surface area contributed by atoms with Gasteiger partial charge in [0.2, 0.25) is 0 Å². The largest absolute Gasteiger partial charge is 0.490 e. The summed E-state index contributed by atoms with van der Waals surface area (Å²) in [5, 5.41) is 0.258. The Morgan fingerprint density at radius 2 is 1.88 bits per heavy atom. The molecule has 1 aromatic carbocycles. The van der Waals surface area contributed by atoms with Gasteiger partial charge in [-0.25, -0.2) is 9.78 Å². The van der Waals surface area contributed by atoms with E-state index in [-0.39, 0.29) is 23.1 Å². The first-order valence-electron chi connectivity index (χ1n) is 10.7. The van der Waals surface area contributed by atoms with Crippen molar-refractivity contribution in [3.05, 3.63) is 47.1 Å². The summed E-state index contributed by atoms with van der Waals surface area (Å²) >= 11 is 6.30. The van der Waals surface area contributed by atoms with Gasteiger partial charge in [-0.3, -0.25) is 4.79 Å². The van der Waals surface area contributed by atoms with Crippen molar-refractivity contribution in [2.24, 2.45) is 0 Å². The number of piperazine rings is 1. The van der Waals surface area contributed by atoms with Gasteiger partial charge in [-0.15, -0.1) is 0 Å². The van der Waals surface area contributed by atoms with Gasteiger partial charge in [0, 0.05) is 32.4 Å². The van der Waals surface area contributed by atoms with Gasteiger partial charge in [0.25, 0.3) is 5.91 Å². The highest BCUT2D eigenvalue weighted by Gasteiger charge is 2.23. The zero-order valence-corrected chi connectivity index (χ0v) is 19.1. The van der Waals surface area contributed by atoms with Crippen LogP contribution < -0.4 is 14.4 Å². The number of amides is 1. The van der Waals surface area contributed by atoms with Crippen LogP contribution in [0.15, 0.2) is 36.5 Å². The Morgan fingerprint density at radius 3 is 2.53 bits per heavy atom. The molecule has 0 bridgehead atoms. The maximum Gasteiger partial charge on any atom is 0.338 e. The number of ether oxygens (including phenoxy) is 3. The third kappa shape index (κ3) is 6.03. The molecule has 9 heteroatoms. The Bertz CT molecular complexity index is 917. The lowest BCUT2D eigenvalue weighted by molar-refractivity contribution is -0.134. The minimum Gasteiger partial charge on any atom is -0.490 e. The predicted molar refractivity (Wildman–Crippen MR) is 122 cm³/mol. The number of carbonyl (C=O) groups is 2. The van der Waals surface area contributed by atoms with Crippen LogP contribution in [0.4, 0.5) is 5.82 Å². The smallest absolute Gasteiger partial charge is 0.338 e. The number of benzene rings is 1. The summed E-state index contributed by atoms with van der Waals surface area (Å²) in [5.41, 5.74) is 0.204. The van der Waals surface area contributed by atoms with E-state index in [1.54, 1.807) is 11.1 Å². The maximum atomic E-state index is 12.5. The number of hydrogen-bond donors (Lipinski definition) is 0. The highest BCUT2D eigenvalue weighted by molar-refractivity contribution is 6.32. The lowest BCUT2D eigenvalue weighted by Gasteiger charge is -2.35. The zero-order chi connectivity index (χ0) is 22.9. The van der Waals surface area contributed by atoms with Crippen molar-refractivity contribution < 1.29 is 23.8 Å². The van der Waals surface area contributed by atoms with Crippen LogP contribution in [0.1, 0.15) is 30.6 Å². The molecule has 0 unspecified atom stereocenters. The molecule has 3 rings (SSSR count). The molecule has 2 heterocycles. The Kier molecular flexibility index (Phi) is 8.56. The van der Waals surface area contributed by atoms with Gasteiger partial charge in [-0.2, -0.15) is 0 Å². The average Bonchev–Trinajstić information content (AvgIpc) is 2.82. The molecule has 1 fully saturated rings. The molecule has 1 aliphatic rings. The first-order chi connectivity index (χ1) is 15.5. The predicted octanol–water partition coefficient (Wildman–Crippen LogP) is 3.43. The van der Waals surface area contributed by atoms with E-state index in [1.165, 1.54) is 12.1 Å². The normalized spacial score (nSPS) is 13.6. The van der Waals surface area contributed by atoms with Crippen molar-refractivity contribution in [3.8, 4) is 11.5 Å². The van der Waals surface area contributed by atoms with Crippen LogP contribution in [0.5, 0.6) is 11.5 Å². The molecule has 1 aromatic heterocycles. The van der Waals surface area contributed by atoms with Crippen LogP contribution in [-0.2, 0) is 9.53 Å². The summed E-state index contributed by atoms with van der Waals surface area (Å²) in [6.07, 6.45) is 2.56. The highest BCUT2D eigenvalue weighted by Crippen LogP contribution is 2.37. The second kappa shape index (κ2) is 11.6. The van der Waals surface area contributed by atoms with Gasteiger partial charge in [-0.1, -0.05) is 24.6 Å². The molecule has 1 amide bonds. The Balaban J connectivity index is 1.55. The molecule has 0 spiro atoms. The highest BCUT2D eigenvalue weighted by atomic mass is 35.5. The topological polar surface area (TPSA) is 81.2 Å². The fraction of sp³-hybridized carbons (Fsp3) is 0.435. The number of hydrogen-bond acceptors (Lipinski definition) is 7. The molecule has 0 N–H and O–H groups in total. The lowest BCUT2D eigenvalue weighted by Crippen LogP contribution is -2.50. The van der Waals surface area contributed by atoms with Crippen molar-refractivity contribution in [1.29, 1.82) is 0 Å². The van der Waals surface area contributed by atoms with Crippen molar-refractivity contribution in [1.82, 2.24) is 9.88 Å². The lowest BCUT2D eigenvalue weighted by atomic mass is 10.2. The van der Waals surface area contributed by atoms with Gasteiger partial charge in [0.05, 0.1) is 23.8 Å². The quantitative estimate of drug-likeness (QED) is 0.529. The van der Waals surface area contributed by atoms with E-state index in [9.17, 15) is 9.59 Å². The number of rotatable bonds is 9. The number of nitrogens with zero attached hydrogens (tertiary/aromatic N) is 3. The number of carbonyl (C=O) groups excluding carboxylic acids is 2. The molecule has 0 radical (unpaired) electrons. The first-order valence-corrected chi connectivity index (χ1v) is 11.1. The summed E-state index contributed by atoms with van der Waals surface area (Å²) in [6, 6.07) is 8.74. The molecule has 0 atom stereocenters. The Hall–Kier alpha value is -3.00. The van der Waals surface area contributed by atoms with E-state index >= 15 is 0 Å². The van der Waals surface area contributed by atoms with E-state index in [2.05, 4.69) is 9.88 Å². The van der Waals surface area contributed by atoms with Gasteiger partial charge < -0.3 is 24.0 Å². The third-order valence-corrected chi connectivity index (χ3v) is 5.21. The van der Waals surface area contributed by atoms with E-state index in [4.69, 9.17) is 25.8 Å². The van der Waals surface area contributed by atoms with Crippen LogP contribution in [-0.4, -0.2) is 67.8 Å². The van der Waals surface area contributed by atoms with Crippen LogP contribution in [0.25, 0.3) is 0 Å². The molecule has 1 aliphatic heterocycles. The van der Waals surface area contributed by atoms with Crippen molar-refractivity contribution in [3.63, 3.8) is 0 Å². The fourth-order valence-corrected chi connectivity index (χ4v) is 3.59. The van der Waals surface area contributed by atoms with Crippen LogP contribution in [0.2, 0.25) is 5.02 Å². The second-order valence-corrected chi connectivity index (χ2v) is 7.61. The van der Waals surface area contributed by atoms with E-state index < -0.39 is 5.97 Å². The minimum absolute atomic E-state index is 0.204. The minimum atomic E-state index is -0.643. The summed E-state index contributed by atoms with van der Waals surface area (Å²) in [4.78, 5) is 33.2. The molecule has 2 aromatic rings. The molecular formula is C23H28ClN3O5.